The number of rotatable bonds is 4. The topological polar surface area (TPSA) is 78.5 Å². The molecule has 7 nitrogen and oxygen atoms in total. The molecule has 1 N–H and O–H groups in total. The quantitative estimate of drug-likeness (QED) is 0.864. The van der Waals surface area contributed by atoms with Crippen LogP contribution in [0.4, 0.5) is 0 Å². The lowest BCUT2D eigenvalue weighted by Gasteiger charge is -2.32. The van der Waals surface area contributed by atoms with E-state index in [9.17, 15) is 9.59 Å². The molecule has 0 bridgehead atoms. The number of ether oxygens (including phenoxy) is 1. The van der Waals surface area contributed by atoms with Crippen LogP contribution in [0.15, 0.2) is 30.5 Å². The highest BCUT2D eigenvalue weighted by Gasteiger charge is 2.35. The summed E-state index contributed by atoms with van der Waals surface area (Å²) in [6.07, 6.45) is 6.57. The van der Waals surface area contributed by atoms with E-state index in [1.807, 2.05) is 34.1 Å². The normalized spacial score (nSPS) is 19.7. The van der Waals surface area contributed by atoms with Crippen molar-refractivity contribution in [3.8, 4) is 5.75 Å². The summed E-state index contributed by atoms with van der Waals surface area (Å²) in [4.78, 5) is 28.8. The van der Waals surface area contributed by atoms with E-state index in [-0.39, 0.29) is 17.9 Å². The van der Waals surface area contributed by atoms with Gasteiger partial charge in [0.15, 0.2) is 0 Å². The van der Waals surface area contributed by atoms with Crippen LogP contribution in [0.25, 0.3) is 0 Å². The van der Waals surface area contributed by atoms with E-state index in [1.165, 1.54) is 0 Å². The van der Waals surface area contributed by atoms with Gasteiger partial charge in [0.2, 0.25) is 5.91 Å². The number of aromatic amines is 1. The highest BCUT2D eigenvalue weighted by atomic mass is 16.5. The zero-order valence-electron chi connectivity index (χ0n) is 16.5. The van der Waals surface area contributed by atoms with E-state index in [0.29, 0.717) is 24.6 Å². The Labute approximate surface area is 170 Å². The van der Waals surface area contributed by atoms with Gasteiger partial charge in [-0.3, -0.25) is 14.7 Å². The van der Waals surface area contributed by atoms with E-state index < -0.39 is 0 Å². The predicted molar refractivity (Wildman–Crippen MR) is 106 cm³/mol. The number of piperidine rings is 1. The fourth-order valence-electron chi connectivity index (χ4n) is 4.23. The molecule has 0 spiro atoms. The average Bonchev–Trinajstić information content (AvgIpc) is 3.51. The van der Waals surface area contributed by atoms with Gasteiger partial charge in [0.1, 0.15) is 11.9 Å². The van der Waals surface area contributed by atoms with Gasteiger partial charge in [-0.2, -0.15) is 5.10 Å². The second kappa shape index (κ2) is 7.54. The highest BCUT2D eigenvalue weighted by molar-refractivity contribution is 5.94. The first kappa shape index (κ1) is 18.2. The smallest absolute Gasteiger partial charge is 0.254 e. The van der Waals surface area contributed by atoms with Crippen molar-refractivity contribution in [2.24, 2.45) is 5.92 Å². The van der Waals surface area contributed by atoms with Crippen LogP contribution in [0.2, 0.25) is 0 Å². The summed E-state index contributed by atoms with van der Waals surface area (Å²) in [5.74, 6) is 1.43. The van der Waals surface area contributed by atoms with Crippen LogP contribution in [0.5, 0.6) is 5.75 Å². The minimum absolute atomic E-state index is 0.0373. The molecule has 1 saturated carbocycles. The first-order chi connectivity index (χ1) is 14.2. The lowest BCUT2D eigenvalue weighted by molar-refractivity contribution is -0.134. The van der Waals surface area contributed by atoms with Gasteiger partial charge < -0.3 is 14.5 Å². The first-order valence-electron chi connectivity index (χ1n) is 10.5. The number of fused-ring (bicyclic) bond motifs is 1. The molecule has 3 heterocycles. The van der Waals surface area contributed by atoms with Crippen molar-refractivity contribution in [3.63, 3.8) is 0 Å². The molecule has 1 aromatic carbocycles. The van der Waals surface area contributed by atoms with Gasteiger partial charge in [0.05, 0.1) is 6.20 Å². The van der Waals surface area contributed by atoms with Crippen molar-refractivity contribution in [1.82, 2.24) is 20.0 Å². The minimum Gasteiger partial charge on any atom is -0.490 e. The summed E-state index contributed by atoms with van der Waals surface area (Å²) in [7, 11) is 0. The molecule has 1 saturated heterocycles. The van der Waals surface area contributed by atoms with E-state index in [4.69, 9.17) is 4.74 Å². The molecule has 2 aliphatic heterocycles. The summed E-state index contributed by atoms with van der Waals surface area (Å²) >= 11 is 0. The molecular formula is C22H26N4O3. The maximum Gasteiger partial charge on any atom is 0.254 e. The lowest BCUT2D eigenvalue weighted by Crippen LogP contribution is -2.42. The Bertz CT molecular complexity index is 895. The largest absolute Gasteiger partial charge is 0.490 e. The third-order valence-electron chi connectivity index (χ3n) is 6.17. The maximum absolute atomic E-state index is 12.8. The van der Waals surface area contributed by atoms with E-state index in [1.54, 1.807) is 6.20 Å². The van der Waals surface area contributed by atoms with E-state index >= 15 is 0 Å². The maximum atomic E-state index is 12.8. The van der Waals surface area contributed by atoms with E-state index in [2.05, 4.69) is 10.2 Å². The van der Waals surface area contributed by atoms with Crippen LogP contribution in [-0.2, 0) is 17.8 Å². The van der Waals surface area contributed by atoms with Crippen LogP contribution in [0.3, 0.4) is 0 Å². The van der Waals surface area contributed by atoms with Crippen LogP contribution in [-0.4, -0.2) is 57.5 Å². The molecule has 152 valence electrons. The van der Waals surface area contributed by atoms with Gasteiger partial charge in [-0.15, -0.1) is 0 Å². The molecule has 29 heavy (non-hydrogen) atoms. The molecule has 2 amide bonds. The molecule has 2 fully saturated rings. The number of carbonyl (C=O) groups excluding carboxylic acids is 2. The molecule has 1 aromatic heterocycles. The van der Waals surface area contributed by atoms with Gasteiger partial charge in [-0.25, -0.2) is 0 Å². The molecule has 0 unspecified atom stereocenters. The van der Waals surface area contributed by atoms with Crippen molar-refractivity contribution >= 4 is 11.8 Å². The Morgan fingerprint density at radius 2 is 1.76 bits per heavy atom. The Hall–Kier alpha value is -2.83. The zero-order valence-corrected chi connectivity index (χ0v) is 16.5. The van der Waals surface area contributed by atoms with Crippen molar-refractivity contribution in [2.75, 3.05) is 19.6 Å². The second-order valence-corrected chi connectivity index (χ2v) is 8.29. The molecular weight excluding hydrogens is 368 g/mol. The fourth-order valence-corrected chi connectivity index (χ4v) is 4.23. The van der Waals surface area contributed by atoms with Gasteiger partial charge in [0, 0.05) is 68.2 Å². The van der Waals surface area contributed by atoms with Gasteiger partial charge in [0.25, 0.3) is 5.91 Å². The Morgan fingerprint density at radius 3 is 2.48 bits per heavy atom. The average molecular weight is 394 g/mol. The Balaban J connectivity index is 1.15. The fraction of sp³-hybridized carbons (Fsp3) is 0.500. The van der Waals surface area contributed by atoms with Crippen LogP contribution >= 0.6 is 0 Å². The summed E-state index contributed by atoms with van der Waals surface area (Å²) in [5.41, 5.74) is 2.90. The van der Waals surface area contributed by atoms with Crippen LogP contribution < -0.4 is 4.74 Å². The third-order valence-corrected chi connectivity index (χ3v) is 6.17. The number of benzene rings is 1. The predicted octanol–water partition coefficient (Wildman–Crippen LogP) is 2.39. The second-order valence-electron chi connectivity index (χ2n) is 8.29. The van der Waals surface area contributed by atoms with Crippen molar-refractivity contribution in [3.05, 3.63) is 47.3 Å². The molecule has 3 aliphatic rings. The van der Waals surface area contributed by atoms with Crippen molar-refractivity contribution in [1.29, 1.82) is 0 Å². The number of nitrogens with one attached hydrogen (secondary N) is 1. The number of H-pyrrole nitrogens is 1. The summed E-state index contributed by atoms with van der Waals surface area (Å²) in [6.45, 7) is 2.86. The monoisotopic (exact) mass is 394 g/mol. The number of hydrogen-bond donors (Lipinski definition) is 1. The number of nitrogens with zero attached hydrogens (tertiary/aromatic N) is 3. The summed E-state index contributed by atoms with van der Waals surface area (Å²) in [6, 6.07) is 7.44. The number of likely N-dealkylation sites (tertiary alicyclic amines) is 1. The van der Waals surface area contributed by atoms with Crippen LogP contribution in [0.1, 0.15) is 47.3 Å². The number of amides is 2. The minimum atomic E-state index is 0.0373. The highest BCUT2D eigenvalue weighted by Crippen LogP contribution is 2.32. The van der Waals surface area contributed by atoms with Gasteiger partial charge >= 0.3 is 0 Å². The van der Waals surface area contributed by atoms with Crippen LogP contribution in [0, 0.1) is 5.92 Å². The molecule has 7 heteroatoms. The standard InChI is InChI=1S/C22H26N4O3/c27-21(15-1-2-15)25-10-7-19(8-11-25)29-18-5-3-16(4-6-18)22(28)26-12-9-20-17(14-26)13-23-24-20/h3-6,13,15,19H,1-2,7-12,14H2,(H,23,24). The van der Waals surface area contributed by atoms with Gasteiger partial charge in [-0.05, 0) is 37.1 Å². The van der Waals surface area contributed by atoms with Crippen molar-refractivity contribution in [2.45, 2.75) is 44.8 Å². The molecule has 5 rings (SSSR count). The molecule has 0 radical (unpaired) electrons. The molecule has 2 aromatic rings. The van der Waals surface area contributed by atoms with Gasteiger partial charge in [-0.1, -0.05) is 0 Å². The Kier molecular flexibility index (Phi) is 4.73. The number of hydrogen-bond acceptors (Lipinski definition) is 4. The first-order valence-corrected chi connectivity index (χ1v) is 10.5. The number of aromatic nitrogens is 2. The number of carbonyl (C=O) groups is 2. The lowest BCUT2D eigenvalue weighted by atomic mass is 10.1. The van der Waals surface area contributed by atoms with E-state index in [0.717, 1.165) is 62.2 Å². The summed E-state index contributed by atoms with van der Waals surface area (Å²) < 4.78 is 6.10. The molecule has 1 aliphatic carbocycles. The zero-order chi connectivity index (χ0) is 19.8. The SMILES string of the molecule is O=C(c1ccc(OC2CCN(C(=O)C3CC3)CC2)cc1)N1CCc2[nH]ncc2C1. The van der Waals surface area contributed by atoms with Crippen molar-refractivity contribution < 1.29 is 14.3 Å². The molecule has 0 atom stereocenters. The summed E-state index contributed by atoms with van der Waals surface area (Å²) in [5, 5.41) is 7.06. The Morgan fingerprint density at radius 1 is 1.00 bits per heavy atom. The third kappa shape index (κ3) is 3.86.